The SMILES string of the molecule is COc1ccc2cc(C#N)c(SCC(=O)Nc3cc(C)ccc3C)nc2c1. The van der Waals surface area contributed by atoms with E-state index in [0.29, 0.717) is 16.3 Å². The fourth-order valence-electron chi connectivity index (χ4n) is 2.64. The lowest BCUT2D eigenvalue weighted by molar-refractivity contribution is -0.113. The normalized spacial score (nSPS) is 10.4. The number of carbonyl (C=O) groups excluding carboxylic acids is 1. The second kappa shape index (κ2) is 8.11. The molecular formula is C21H19N3O2S. The Labute approximate surface area is 162 Å². The summed E-state index contributed by atoms with van der Waals surface area (Å²) in [5.74, 6) is 0.735. The van der Waals surface area contributed by atoms with E-state index >= 15 is 0 Å². The first-order chi connectivity index (χ1) is 13.0. The number of aromatic nitrogens is 1. The third kappa shape index (κ3) is 4.39. The highest BCUT2D eigenvalue weighted by Gasteiger charge is 2.12. The van der Waals surface area contributed by atoms with Crippen molar-refractivity contribution in [3.63, 3.8) is 0 Å². The van der Waals surface area contributed by atoms with Crippen LogP contribution in [0.5, 0.6) is 5.75 Å². The highest BCUT2D eigenvalue weighted by Crippen LogP contribution is 2.27. The number of anilines is 1. The van der Waals surface area contributed by atoms with Crippen LogP contribution in [0.3, 0.4) is 0 Å². The van der Waals surface area contributed by atoms with Crippen molar-refractivity contribution in [2.24, 2.45) is 0 Å². The molecule has 2 aromatic carbocycles. The summed E-state index contributed by atoms with van der Waals surface area (Å²) in [5, 5.41) is 13.7. The molecule has 0 aliphatic rings. The molecule has 6 heteroatoms. The van der Waals surface area contributed by atoms with Crippen molar-refractivity contribution in [1.29, 1.82) is 5.26 Å². The van der Waals surface area contributed by atoms with Gasteiger partial charge in [-0.15, -0.1) is 0 Å². The van der Waals surface area contributed by atoms with Crippen LogP contribution >= 0.6 is 11.8 Å². The topological polar surface area (TPSA) is 75.0 Å². The quantitative estimate of drug-likeness (QED) is 0.664. The lowest BCUT2D eigenvalue weighted by Gasteiger charge is -2.10. The largest absolute Gasteiger partial charge is 0.497 e. The van der Waals surface area contributed by atoms with Crippen molar-refractivity contribution >= 4 is 34.3 Å². The van der Waals surface area contributed by atoms with Gasteiger partial charge >= 0.3 is 0 Å². The van der Waals surface area contributed by atoms with E-state index in [1.165, 1.54) is 11.8 Å². The zero-order valence-electron chi connectivity index (χ0n) is 15.4. The zero-order valence-corrected chi connectivity index (χ0v) is 16.2. The van der Waals surface area contributed by atoms with Gasteiger partial charge in [0.25, 0.3) is 0 Å². The lowest BCUT2D eigenvalue weighted by Crippen LogP contribution is -2.15. The van der Waals surface area contributed by atoms with Crippen LogP contribution in [0.4, 0.5) is 5.69 Å². The minimum Gasteiger partial charge on any atom is -0.497 e. The molecule has 1 amide bonds. The molecule has 0 saturated heterocycles. The smallest absolute Gasteiger partial charge is 0.234 e. The van der Waals surface area contributed by atoms with E-state index in [1.54, 1.807) is 13.2 Å². The van der Waals surface area contributed by atoms with E-state index in [2.05, 4.69) is 16.4 Å². The Morgan fingerprint density at radius 2 is 2.04 bits per heavy atom. The average molecular weight is 377 g/mol. The van der Waals surface area contributed by atoms with Crippen LogP contribution in [-0.4, -0.2) is 23.8 Å². The number of nitriles is 1. The predicted octanol–water partition coefficient (Wildman–Crippen LogP) is 4.46. The Balaban J connectivity index is 1.78. The van der Waals surface area contributed by atoms with E-state index in [9.17, 15) is 10.1 Å². The molecule has 1 heterocycles. The van der Waals surface area contributed by atoms with Gasteiger partial charge in [-0.25, -0.2) is 4.98 Å². The van der Waals surface area contributed by atoms with Crippen LogP contribution < -0.4 is 10.1 Å². The summed E-state index contributed by atoms with van der Waals surface area (Å²) < 4.78 is 5.23. The third-order valence-electron chi connectivity index (χ3n) is 4.12. The van der Waals surface area contributed by atoms with Gasteiger partial charge < -0.3 is 10.1 Å². The Morgan fingerprint density at radius 3 is 2.78 bits per heavy atom. The number of aryl methyl sites for hydroxylation is 2. The summed E-state index contributed by atoms with van der Waals surface area (Å²) in [4.78, 5) is 16.9. The van der Waals surface area contributed by atoms with Gasteiger partial charge in [0, 0.05) is 17.1 Å². The number of hydrogen-bond acceptors (Lipinski definition) is 5. The second-order valence-electron chi connectivity index (χ2n) is 6.17. The summed E-state index contributed by atoms with van der Waals surface area (Å²) in [6.45, 7) is 3.94. The number of methoxy groups -OCH3 is 1. The minimum atomic E-state index is -0.134. The summed E-state index contributed by atoms with van der Waals surface area (Å²) >= 11 is 1.25. The van der Waals surface area contributed by atoms with Crippen molar-refractivity contribution in [3.8, 4) is 11.8 Å². The first-order valence-electron chi connectivity index (χ1n) is 8.39. The number of nitrogens with one attached hydrogen (secondary N) is 1. The van der Waals surface area contributed by atoms with Crippen LogP contribution in [0, 0.1) is 25.2 Å². The number of hydrogen-bond donors (Lipinski definition) is 1. The molecule has 0 aliphatic heterocycles. The van der Waals surface area contributed by atoms with Gasteiger partial charge in [-0.2, -0.15) is 5.26 Å². The number of carbonyl (C=O) groups is 1. The number of amides is 1. The molecule has 0 atom stereocenters. The van der Waals surface area contributed by atoms with Crippen molar-refractivity contribution in [2.75, 3.05) is 18.2 Å². The molecule has 3 aromatic rings. The maximum atomic E-state index is 12.4. The van der Waals surface area contributed by atoms with Gasteiger partial charge in [0.05, 0.1) is 23.9 Å². The molecule has 0 saturated carbocycles. The zero-order chi connectivity index (χ0) is 19.4. The van der Waals surface area contributed by atoms with E-state index in [1.807, 2.05) is 50.2 Å². The van der Waals surface area contributed by atoms with Crippen LogP contribution in [0.25, 0.3) is 10.9 Å². The van der Waals surface area contributed by atoms with Gasteiger partial charge in [-0.05, 0) is 49.2 Å². The molecule has 1 N–H and O–H groups in total. The number of benzene rings is 2. The fourth-order valence-corrected chi connectivity index (χ4v) is 3.40. The van der Waals surface area contributed by atoms with E-state index < -0.39 is 0 Å². The van der Waals surface area contributed by atoms with Crippen molar-refractivity contribution in [2.45, 2.75) is 18.9 Å². The van der Waals surface area contributed by atoms with Crippen LogP contribution in [-0.2, 0) is 4.79 Å². The molecule has 0 spiro atoms. The summed E-state index contributed by atoms with van der Waals surface area (Å²) in [6.07, 6.45) is 0. The van der Waals surface area contributed by atoms with E-state index in [-0.39, 0.29) is 11.7 Å². The Bertz CT molecular complexity index is 1060. The number of pyridine rings is 1. The standard InChI is InChI=1S/C21H19N3O2S/c1-13-4-5-14(2)18(8-13)23-20(25)12-27-21-16(11-22)9-15-6-7-17(26-3)10-19(15)24-21/h4-10H,12H2,1-3H3,(H,23,25). The molecule has 0 radical (unpaired) electrons. The molecule has 0 bridgehead atoms. The first kappa shape index (κ1) is 18.7. The summed E-state index contributed by atoms with van der Waals surface area (Å²) in [7, 11) is 1.60. The minimum absolute atomic E-state index is 0.134. The number of thioether (sulfide) groups is 1. The molecule has 3 rings (SSSR count). The van der Waals surface area contributed by atoms with Crippen LogP contribution in [0.15, 0.2) is 47.5 Å². The third-order valence-corrected chi connectivity index (χ3v) is 5.11. The highest BCUT2D eigenvalue weighted by atomic mass is 32.2. The van der Waals surface area contributed by atoms with E-state index in [4.69, 9.17) is 4.74 Å². The van der Waals surface area contributed by atoms with Gasteiger partial charge in [0.2, 0.25) is 5.91 Å². The second-order valence-corrected chi connectivity index (χ2v) is 7.13. The molecule has 0 fully saturated rings. The van der Waals surface area contributed by atoms with Crippen molar-refractivity contribution in [3.05, 3.63) is 59.2 Å². The summed E-state index contributed by atoms with van der Waals surface area (Å²) in [5.41, 5.74) is 4.08. The molecule has 5 nitrogen and oxygen atoms in total. The van der Waals surface area contributed by atoms with Crippen LogP contribution in [0.1, 0.15) is 16.7 Å². The first-order valence-corrected chi connectivity index (χ1v) is 9.37. The monoisotopic (exact) mass is 377 g/mol. The Morgan fingerprint density at radius 1 is 1.22 bits per heavy atom. The summed E-state index contributed by atoms with van der Waals surface area (Å²) in [6, 6.07) is 15.4. The number of rotatable bonds is 5. The number of ether oxygens (including phenoxy) is 1. The Hall–Kier alpha value is -3.04. The maximum Gasteiger partial charge on any atom is 0.234 e. The highest BCUT2D eigenvalue weighted by molar-refractivity contribution is 8.00. The molecular weight excluding hydrogens is 358 g/mol. The Kier molecular flexibility index (Phi) is 5.63. The predicted molar refractivity (Wildman–Crippen MR) is 108 cm³/mol. The lowest BCUT2D eigenvalue weighted by atomic mass is 10.1. The molecule has 1 aromatic heterocycles. The van der Waals surface area contributed by atoms with Crippen molar-refractivity contribution in [1.82, 2.24) is 4.98 Å². The number of fused-ring (bicyclic) bond motifs is 1. The maximum absolute atomic E-state index is 12.4. The molecule has 0 aliphatic carbocycles. The molecule has 0 unspecified atom stereocenters. The molecule has 136 valence electrons. The van der Waals surface area contributed by atoms with Gasteiger partial charge in [-0.3, -0.25) is 4.79 Å². The fraction of sp³-hybridized carbons (Fsp3) is 0.190. The van der Waals surface area contributed by atoms with Gasteiger partial charge in [0.15, 0.2) is 0 Å². The van der Waals surface area contributed by atoms with E-state index in [0.717, 1.165) is 27.7 Å². The number of nitrogens with zero attached hydrogens (tertiary/aromatic N) is 2. The average Bonchev–Trinajstić information content (AvgIpc) is 2.67. The molecule has 27 heavy (non-hydrogen) atoms. The van der Waals surface area contributed by atoms with Crippen molar-refractivity contribution < 1.29 is 9.53 Å². The van der Waals surface area contributed by atoms with Gasteiger partial charge in [0.1, 0.15) is 16.8 Å². The van der Waals surface area contributed by atoms with Crippen LogP contribution in [0.2, 0.25) is 0 Å². The van der Waals surface area contributed by atoms with Gasteiger partial charge in [-0.1, -0.05) is 23.9 Å².